The highest BCUT2D eigenvalue weighted by Gasteiger charge is 2.45. The first-order chi connectivity index (χ1) is 14.1. The Morgan fingerprint density at radius 3 is 2.62 bits per heavy atom. The molecule has 29 heavy (non-hydrogen) atoms. The van der Waals surface area contributed by atoms with Crippen molar-refractivity contribution in [2.24, 2.45) is 13.0 Å². The Kier molecular flexibility index (Phi) is 4.89. The summed E-state index contributed by atoms with van der Waals surface area (Å²) in [6, 6.07) is 0. The fourth-order valence-corrected chi connectivity index (χ4v) is 4.82. The van der Waals surface area contributed by atoms with Crippen molar-refractivity contribution in [1.29, 1.82) is 0 Å². The van der Waals surface area contributed by atoms with Crippen LogP contribution >= 0.6 is 0 Å². The maximum Gasteiger partial charge on any atom is 0.272 e. The van der Waals surface area contributed by atoms with E-state index in [4.69, 9.17) is 14.2 Å². The lowest BCUT2D eigenvalue weighted by Gasteiger charge is -2.40. The number of imidazole rings is 1. The van der Waals surface area contributed by atoms with E-state index in [1.165, 1.54) is 12.8 Å². The van der Waals surface area contributed by atoms with E-state index in [9.17, 15) is 4.79 Å². The molecule has 1 amide bonds. The van der Waals surface area contributed by atoms with Crippen LogP contribution in [0.1, 0.15) is 73.1 Å². The van der Waals surface area contributed by atoms with Gasteiger partial charge in [0.25, 0.3) is 5.91 Å². The predicted octanol–water partition coefficient (Wildman–Crippen LogP) is 2.67. The Balaban J connectivity index is 1.33. The Bertz CT molecular complexity index is 857. The fourth-order valence-electron chi connectivity index (χ4n) is 4.82. The summed E-state index contributed by atoms with van der Waals surface area (Å²) in [5.41, 5.74) is 0.568. The molecule has 0 unspecified atom stereocenters. The van der Waals surface area contributed by atoms with Crippen LogP contribution in [0.4, 0.5) is 0 Å². The number of amides is 1. The third-order valence-electron chi connectivity index (χ3n) is 6.91. The number of carbonyl (C=O) groups is 1. The van der Waals surface area contributed by atoms with Gasteiger partial charge in [-0.25, -0.2) is 4.98 Å². The molecular weight excluding hydrogens is 370 g/mol. The quantitative estimate of drug-likeness (QED) is 0.768. The Morgan fingerprint density at radius 1 is 1.21 bits per heavy atom. The molecule has 2 aliphatic heterocycles. The number of hydrogen-bond donors (Lipinski definition) is 0. The monoisotopic (exact) mass is 399 g/mol. The largest absolute Gasteiger partial charge is 0.381 e. The summed E-state index contributed by atoms with van der Waals surface area (Å²) in [6.07, 6.45) is 10.7. The molecule has 0 aromatic carbocycles. The van der Waals surface area contributed by atoms with E-state index in [0.29, 0.717) is 11.6 Å². The summed E-state index contributed by atoms with van der Waals surface area (Å²) < 4.78 is 13.0. The molecule has 2 aromatic rings. The number of aryl methyl sites for hydroxylation is 1. The molecule has 5 rings (SSSR count). The predicted molar refractivity (Wildman–Crippen MR) is 104 cm³/mol. The molecule has 2 aromatic heterocycles. The number of aromatic nitrogens is 4. The molecule has 0 atom stereocenters. The third-order valence-corrected chi connectivity index (χ3v) is 6.91. The van der Waals surface area contributed by atoms with Crippen LogP contribution in [-0.4, -0.2) is 56.8 Å². The second-order valence-electron chi connectivity index (χ2n) is 8.95. The first kappa shape index (κ1) is 18.8. The van der Waals surface area contributed by atoms with Gasteiger partial charge >= 0.3 is 0 Å². The molecule has 1 aliphatic carbocycles. The van der Waals surface area contributed by atoms with Gasteiger partial charge in [0.1, 0.15) is 5.69 Å². The summed E-state index contributed by atoms with van der Waals surface area (Å²) >= 11 is 0. The van der Waals surface area contributed by atoms with Crippen molar-refractivity contribution in [3.05, 3.63) is 29.9 Å². The van der Waals surface area contributed by atoms with Crippen molar-refractivity contribution >= 4 is 5.91 Å². The first-order valence-electron chi connectivity index (χ1n) is 10.8. The van der Waals surface area contributed by atoms with Crippen molar-refractivity contribution in [2.75, 3.05) is 26.3 Å². The topological polar surface area (TPSA) is 86.3 Å². The van der Waals surface area contributed by atoms with Gasteiger partial charge in [0.2, 0.25) is 5.89 Å². The molecular formula is C21H29N5O3. The zero-order chi connectivity index (χ0) is 19.8. The van der Waals surface area contributed by atoms with Gasteiger partial charge in [0.15, 0.2) is 5.82 Å². The van der Waals surface area contributed by atoms with Crippen molar-refractivity contribution in [2.45, 2.75) is 56.3 Å². The number of hydrogen-bond acceptors (Lipinski definition) is 6. The van der Waals surface area contributed by atoms with Crippen LogP contribution < -0.4 is 0 Å². The van der Waals surface area contributed by atoms with E-state index >= 15 is 0 Å². The van der Waals surface area contributed by atoms with Crippen molar-refractivity contribution < 1.29 is 14.1 Å². The normalized spacial score (nSPS) is 22.7. The van der Waals surface area contributed by atoms with Crippen LogP contribution in [0, 0.1) is 5.92 Å². The van der Waals surface area contributed by atoms with Gasteiger partial charge in [-0.2, -0.15) is 4.98 Å². The average Bonchev–Trinajstić information content (AvgIpc) is 3.24. The number of nitrogens with zero attached hydrogens (tertiary/aromatic N) is 5. The van der Waals surface area contributed by atoms with E-state index in [1.807, 2.05) is 11.9 Å². The van der Waals surface area contributed by atoms with E-state index in [1.54, 1.807) is 17.1 Å². The zero-order valence-corrected chi connectivity index (χ0v) is 17.0. The summed E-state index contributed by atoms with van der Waals surface area (Å²) in [5, 5.41) is 4.46. The Morgan fingerprint density at radius 2 is 1.97 bits per heavy atom. The maximum absolute atomic E-state index is 12.9. The standard InChI is InChI=1S/C21H29N5O3/c1-25-14-22-13-17(25)19(27)26-8-6-21(7-9-26,12-15-2-3-15)20-23-18(29-24-20)16-4-10-28-11-5-16/h13-16H,2-12H2,1H3. The number of rotatable bonds is 5. The minimum atomic E-state index is -0.0721. The third kappa shape index (κ3) is 3.70. The van der Waals surface area contributed by atoms with Gasteiger partial charge in [-0.05, 0) is 38.0 Å². The zero-order valence-electron chi connectivity index (χ0n) is 17.0. The summed E-state index contributed by atoms with van der Waals surface area (Å²) in [5.74, 6) is 2.76. The molecule has 156 valence electrons. The van der Waals surface area contributed by atoms with E-state index in [2.05, 4.69) is 10.1 Å². The number of piperidine rings is 1. The Hall–Kier alpha value is -2.22. The van der Waals surface area contributed by atoms with Crippen molar-refractivity contribution in [3.8, 4) is 0 Å². The van der Waals surface area contributed by atoms with Gasteiger partial charge in [-0.1, -0.05) is 18.0 Å². The second kappa shape index (κ2) is 7.55. The molecule has 8 nitrogen and oxygen atoms in total. The van der Waals surface area contributed by atoms with Crippen LogP contribution in [0.25, 0.3) is 0 Å². The highest BCUT2D eigenvalue weighted by Crippen LogP contribution is 2.47. The number of ether oxygens (including phenoxy) is 1. The SMILES string of the molecule is Cn1cncc1C(=O)N1CCC(CC2CC2)(c2noc(C3CCOCC3)n2)CC1. The van der Waals surface area contributed by atoms with Crippen LogP contribution in [0.5, 0.6) is 0 Å². The number of likely N-dealkylation sites (tertiary alicyclic amines) is 1. The minimum Gasteiger partial charge on any atom is -0.381 e. The summed E-state index contributed by atoms with van der Waals surface area (Å²) in [6.45, 7) is 2.97. The van der Waals surface area contributed by atoms with Crippen LogP contribution in [-0.2, 0) is 17.2 Å². The molecule has 0 N–H and O–H groups in total. The second-order valence-corrected chi connectivity index (χ2v) is 8.95. The highest BCUT2D eigenvalue weighted by atomic mass is 16.5. The van der Waals surface area contributed by atoms with Gasteiger partial charge in [-0.3, -0.25) is 4.79 Å². The van der Waals surface area contributed by atoms with Crippen LogP contribution in [0.3, 0.4) is 0 Å². The van der Waals surface area contributed by atoms with Gasteiger partial charge in [0.05, 0.1) is 12.5 Å². The minimum absolute atomic E-state index is 0.0565. The molecule has 3 fully saturated rings. The molecule has 2 saturated heterocycles. The molecule has 0 spiro atoms. The van der Waals surface area contributed by atoms with Gasteiger partial charge in [-0.15, -0.1) is 0 Å². The van der Waals surface area contributed by atoms with Crippen LogP contribution in [0.15, 0.2) is 17.0 Å². The lowest BCUT2D eigenvalue weighted by Crippen LogP contribution is -2.46. The van der Waals surface area contributed by atoms with E-state index in [-0.39, 0.29) is 11.3 Å². The highest BCUT2D eigenvalue weighted by molar-refractivity contribution is 5.92. The molecule has 3 aliphatic rings. The fraction of sp³-hybridized carbons (Fsp3) is 0.714. The van der Waals surface area contributed by atoms with Gasteiger partial charge < -0.3 is 18.7 Å². The average molecular weight is 399 g/mol. The number of carbonyl (C=O) groups excluding carboxylic acids is 1. The first-order valence-corrected chi connectivity index (χ1v) is 10.8. The molecule has 8 heteroatoms. The summed E-state index contributed by atoms with van der Waals surface area (Å²) in [7, 11) is 1.86. The maximum atomic E-state index is 12.9. The molecule has 0 bridgehead atoms. The van der Waals surface area contributed by atoms with Gasteiger partial charge in [0, 0.05) is 44.7 Å². The molecule has 1 saturated carbocycles. The smallest absolute Gasteiger partial charge is 0.272 e. The summed E-state index contributed by atoms with van der Waals surface area (Å²) in [4.78, 5) is 23.8. The molecule has 0 radical (unpaired) electrons. The van der Waals surface area contributed by atoms with Crippen molar-refractivity contribution in [3.63, 3.8) is 0 Å². The lowest BCUT2D eigenvalue weighted by molar-refractivity contribution is 0.0636. The Labute approximate surface area is 170 Å². The van der Waals surface area contributed by atoms with E-state index < -0.39 is 0 Å². The van der Waals surface area contributed by atoms with Crippen LogP contribution in [0.2, 0.25) is 0 Å². The van der Waals surface area contributed by atoms with Crippen molar-refractivity contribution in [1.82, 2.24) is 24.6 Å². The lowest BCUT2D eigenvalue weighted by atomic mass is 9.73. The van der Waals surface area contributed by atoms with E-state index in [0.717, 1.165) is 76.0 Å². The molecule has 4 heterocycles.